The van der Waals surface area contributed by atoms with Crippen molar-refractivity contribution in [2.75, 3.05) is 0 Å². The second-order valence-corrected chi connectivity index (χ2v) is 6.81. The molecule has 0 fully saturated rings. The molecule has 0 aliphatic carbocycles. The summed E-state index contributed by atoms with van der Waals surface area (Å²) in [6.07, 6.45) is 1.38. The number of fused-ring (bicyclic) bond motifs is 1. The van der Waals surface area contributed by atoms with Crippen LogP contribution in [0.5, 0.6) is 0 Å². The summed E-state index contributed by atoms with van der Waals surface area (Å²) in [5.74, 6) is -0.442. The Morgan fingerprint density at radius 1 is 1.30 bits per heavy atom. The number of carbonyl (C=O) groups is 1. The van der Waals surface area contributed by atoms with Crippen LogP contribution in [0.3, 0.4) is 0 Å². The van der Waals surface area contributed by atoms with Crippen LogP contribution in [0.15, 0.2) is 47.6 Å². The molecule has 1 aromatic heterocycles. The summed E-state index contributed by atoms with van der Waals surface area (Å²) in [5, 5.41) is 14.7. The predicted octanol–water partition coefficient (Wildman–Crippen LogP) is 4.67. The van der Waals surface area contributed by atoms with Gasteiger partial charge in [-0.2, -0.15) is 10.4 Å². The van der Waals surface area contributed by atoms with Crippen LogP contribution in [0.1, 0.15) is 23.2 Å². The Bertz CT molecular complexity index is 1080. The second kappa shape index (κ2) is 8.26. The topological polar surface area (TPSA) is 70.2 Å². The molecule has 0 saturated heterocycles. The summed E-state index contributed by atoms with van der Waals surface area (Å²) >= 11 is 12.3. The first kappa shape index (κ1) is 19.0. The van der Waals surface area contributed by atoms with E-state index < -0.39 is 5.91 Å². The highest BCUT2D eigenvalue weighted by Gasteiger charge is 2.14. The van der Waals surface area contributed by atoms with Crippen molar-refractivity contribution in [2.24, 2.45) is 5.10 Å². The van der Waals surface area contributed by atoms with E-state index in [4.69, 9.17) is 28.5 Å². The summed E-state index contributed by atoms with van der Waals surface area (Å²) in [6.45, 7) is 2.57. The zero-order valence-electron chi connectivity index (χ0n) is 14.5. The number of aromatic nitrogens is 1. The Labute approximate surface area is 166 Å². The highest BCUT2D eigenvalue weighted by molar-refractivity contribution is 6.35. The van der Waals surface area contributed by atoms with Gasteiger partial charge >= 0.3 is 0 Å². The average molecular weight is 399 g/mol. The number of nitrogens with one attached hydrogen (secondary N) is 1. The summed E-state index contributed by atoms with van der Waals surface area (Å²) in [5.41, 5.74) is 6.23. The van der Waals surface area contributed by atoms with E-state index in [2.05, 4.69) is 15.1 Å². The van der Waals surface area contributed by atoms with E-state index in [0.717, 1.165) is 27.7 Å². The molecule has 7 heteroatoms. The van der Waals surface area contributed by atoms with Crippen LogP contribution in [-0.4, -0.2) is 16.7 Å². The molecule has 0 aliphatic rings. The molecule has 0 saturated carbocycles. The lowest BCUT2D eigenvalue weighted by Crippen LogP contribution is -2.16. The van der Waals surface area contributed by atoms with E-state index >= 15 is 0 Å². The van der Waals surface area contributed by atoms with E-state index in [1.807, 2.05) is 43.3 Å². The van der Waals surface area contributed by atoms with E-state index in [-0.39, 0.29) is 6.42 Å². The molecule has 3 aromatic rings. The Morgan fingerprint density at radius 2 is 2.07 bits per heavy atom. The van der Waals surface area contributed by atoms with Crippen LogP contribution in [-0.2, 0) is 11.3 Å². The first-order chi connectivity index (χ1) is 13.0. The van der Waals surface area contributed by atoms with Gasteiger partial charge < -0.3 is 4.57 Å². The fraction of sp³-hybridized carbons (Fsp3) is 0.150. The number of benzene rings is 2. The minimum absolute atomic E-state index is 0.229. The van der Waals surface area contributed by atoms with Gasteiger partial charge in [-0.15, -0.1) is 0 Å². The number of nitriles is 1. The highest BCUT2D eigenvalue weighted by atomic mass is 35.5. The quantitative estimate of drug-likeness (QED) is 0.500. The molecule has 136 valence electrons. The lowest BCUT2D eigenvalue weighted by Gasteiger charge is -2.10. The van der Waals surface area contributed by atoms with Gasteiger partial charge in [0.1, 0.15) is 6.42 Å². The molecule has 0 unspecified atom stereocenters. The normalized spacial score (nSPS) is 11.0. The molecule has 0 bridgehead atoms. The van der Waals surface area contributed by atoms with E-state index in [0.29, 0.717) is 16.6 Å². The standard InChI is InChI=1S/C20H16Cl2N4O/c1-13-17(11-24-25-20(27)8-9-23)16-4-2-3-5-19(16)26(13)12-14-6-7-15(21)10-18(14)22/h2-7,10-11H,8,12H2,1H3,(H,25,27). The molecule has 0 spiro atoms. The molecule has 5 nitrogen and oxygen atoms in total. The number of hydrogen-bond acceptors (Lipinski definition) is 3. The molecular formula is C20H16Cl2N4O. The van der Waals surface area contributed by atoms with Crippen LogP contribution < -0.4 is 5.43 Å². The summed E-state index contributed by atoms with van der Waals surface area (Å²) < 4.78 is 2.14. The van der Waals surface area contributed by atoms with Gasteiger partial charge in [-0.3, -0.25) is 4.79 Å². The van der Waals surface area contributed by atoms with Crippen molar-refractivity contribution in [3.63, 3.8) is 0 Å². The third kappa shape index (κ3) is 4.13. The summed E-state index contributed by atoms with van der Waals surface area (Å²) in [4.78, 5) is 11.4. The van der Waals surface area contributed by atoms with Crippen LogP contribution in [0.4, 0.5) is 0 Å². The zero-order valence-corrected chi connectivity index (χ0v) is 16.1. The van der Waals surface area contributed by atoms with Gasteiger partial charge in [-0.1, -0.05) is 47.5 Å². The van der Waals surface area contributed by atoms with Crippen molar-refractivity contribution in [3.05, 3.63) is 69.3 Å². The molecule has 1 N–H and O–H groups in total. The third-order valence-corrected chi connectivity index (χ3v) is 4.83. The Kier molecular flexibility index (Phi) is 5.80. The van der Waals surface area contributed by atoms with Gasteiger partial charge in [0, 0.05) is 38.8 Å². The highest BCUT2D eigenvalue weighted by Crippen LogP contribution is 2.28. The van der Waals surface area contributed by atoms with Gasteiger partial charge in [0.15, 0.2) is 0 Å². The second-order valence-electron chi connectivity index (χ2n) is 5.97. The van der Waals surface area contributed by atoms with E-state index in [1.54, 1.807) is 18.4 Å². The lowest BCUT2D eigenvalue weighted by atomic mass is 10.1. The van der Waals surface area contributed by atoms with Gasteiger partial charge in [0.2, 0.25) is 0 Å². The van der Waals surface area contributed by atoms with Crippen molar-refractivity contribution in [2.45, 2.75) is 19.9 Å². The van der Waals surface area contributed by atoms with E-state index in [9.17, 15) is 4.79 Å². The van der Waals surface area contributed by atoms with Crippen LogP contribution in [0.2, 0.25) is 10.0 Å². The Balaban J connectivity index is 1.99. The number of hydrogen-bond donors (Lipinski definition) is 1. The average Bonchev–Trinajstić information content (AvgIpc) is 2.90. The van der Waals surface area contributed by atoms with Crippen molar-refractivity contribution in [1.29, 1.82) is 5.26 Å². The van der Waals surface area contributed by atoms with Crippen molar-refractivity contribution < 1.29 is 4.79 Å². The summed E-state index contributed by atoms with van der Waals surface area (Å²) in [7, 11) is 0. The lowest BCUT2D eigenvalue weighted by molar-refractivity contribution is -0.120. The molecular weight excluding hydrogens is 383 g/mol. The van der Waals surface area contributed by atoms with Crippen molar-refractivity contribution in [1.82, 2.24) is 9.99 Å². The Hall–Kier alpha value is -2.81. The molecule has 2 aromatic carbocycles. The number of rotatable bonds is 5. The maximum absolute atomic E-state index is 11.4. The van der Waals surface area contributed by atoms with Gasteiger partial charge in [-0.05, 0) is 30.7 Å². The predicted molar refractivity (Wildman–Crippen MR) is 108 cm³/mol. The number of halogens is 2. The molecule has 1 amide bonds. The van der Waals surface area contributed by atoms with Crippen LogP contribution >= 0.6 is 23.2 Å². The number of amides is 1. The summed E-state index contributed by atoms with van der Waals surface area (Å²) in [6, 6.07) is 15.2. The number of nitrogens with zero attached hydrogens (tertiary/aromatic N) is 3. The number of para-hydroxylation sites is 1. The molecule has 3 rings (SSSR count). The molecule has 27 heavy (non-hydrogen) atoms. The third-order valence-electron chi connectivity index (χ3n) is 4.25. The largest absolute Gasteiger partial charge is 0.340 e. The fourth-order valence-electron chi connectivity index (χ4n) is 2.92. The van der Waals surface area contributed by atoms with E-state index in [1.165, 1.54) is 0 Å². The number of hydrazone groups is 1. The first-order valence-electron chi connectivity index (χ1n) is 8.22. The fourth-order valence-corrected chi connectivity index (χ4v) is 3.39. The minimum atomic E-state index is -0.442. The number of carbonyl (C=O) groups excluding carboxylic acids is 1. The SMILES string of the molecule is Cc1c(C=NNC(=O)CC#N)c2ccccc2n1Cc1ccc(Cl)cc1Cl. The minimum Gasteiger partial charge on any atom is -0.340 e. The smallest absolute Gasteiger partial charge is 0.254 e. The maximum Gasteiger partial charge on any atom is 0.254 e. The van der Waals surface area contributed by atoms with Gasteiger partial charge in [0.05, 0.1) is 12.3 Å². The Morgan fingerprint density at radius 3 is 2.81 bits per heavy atom. The zero-order chi connectivity index (χ0) is 19.4. The van der Waals surface area contributed by atoms with Crippen LogP contribution in [0, 0.1) is 18.3 Å². The molecule has 0 atom stereocenters. The molecule has 1 heterocycles. The van der Waals surface area contributed by atoms with Crippen molar-refractivity contribution in [3.8, 4) is 6.07 Å². The van der Waals surface area contributed by atoms with Crippen molar-refractivity contribution >= 4 is 46.2 Å². The molecule has 0 aliphatic heterocycles. The monoisotopic (exact) mass is 398 g/mol. The maximum atomic E-state index is 11.4. The van der Waals surface area contributed by atoms with Gasteiger partial charge in [-0.25, -0.2) is 5.43 Å². The van der Waals surface area contributed by atoms with Gasteiger partial charge in [0.25, 0.3) is 5.91 Å². The first-order valence-corrected chi connectivity index (χ1v) is 8.97. The van der Waals surface area contributed by atoms with Crippen LogP contribution in [0.25, 0.3) is 10.9 Å². The molecule has 0 radical (unpaired) electrons.